The normalized spacial score (nSPS) is 30.1. The Kier molecular flexibility index (Phi) is 7.31. The molecule has 0 radical (unpaired) electrons. The Bertz CT molecular complexity index is 665. The molecule has 1 aliphatic heterocycles. The van der Waals surface area contributed by atoms with Crippen molar-refractivity contribution in [2.45, 2.75) is 57.3 Å². The average Bonchev–Trinajstić information content (AvgIpc) is 3.11. The second-order valence-electron chi connectivity index (χ2n) is 6.43. The first-order valence-electron chi connectivity index (χ1n) is 8.75. The quantitative estimate of drug-likeness (QED) is 0.535. The standard InChI is InChI=1S/C19H28N2O5/c1-4-12(3)6-7-13(5-2)8-14-9-20-21(10-14)19-18(25)17(24)16(23)15(11-22)26-19/h5-7,9-10,15-19,22-25H,3-4,8,11H2,1-2H3/b7-6-,13-5+/t15?,16-,17?,18-,19?/m1/s1. The summed E-state index contributed by atoms with van der Waals surface area (Å²) in [6.07, 6.45) is 4.81. The fraction of sp³-hybridized carbons (Fsp3) is 0.526. The van der Waals surface area contributed by atoms with Gasteiger partial charge in [0.25, 0.3) is 0 Å². The van der Waals surface area contributed by atoms with E-state index in [2.05, 4.69) is 11.7 Å². The zero-order valence-electron chi connectivity index (χ0n) is 15.2. The molecule has 1 aromatic heterocycles. The molecular weight excluding hydrogens is 336 g/mol. The molecule has 0 bridgehead atoms. The number of aliphatic hydroxyl groups excluding tert-OH is 4. The summed E-state index contributed by atoms with van der Waals surface area (Å²) in [6, 6.07) is 0. The van der Waals surface area contributed by atoms with Crippen LogP contribution in [-0.2, 0) is 11.2 Å². The first kappa shape index (κ1) is 20.5. The molecule has 0 spiro atoms. The third-order valence-corrected chi connectivity index (χ3v) is 4.55. The van der Waals surface area contributed by atoms with Crippen LogP contribution in [0, 0.1) is 0 Å². The van der Waals surface area contributed by atoms with E-state index in [-0.39, 0.29) is 0 Å². The van der Waals surface area contributed by atoms with E-state index in [1.807, 2.05) is 32.1 Å². The number of hydrogen-bond donors (Lipinski definition) is 4. The van der Waals surface area contributed by atoms with Crippen LogP contribution in [0.15, 0.2) is 48.3 Å². The number of ether oxygens (including phenoxy) is 1. The lowest BCUT2D eigenvalue weighted by Gasteiger charge is -2.39. The third kappa shape index (κ3) is 4.69. The van der Waals surface area contributed by atoms with Gasteiger partial charge >= 0.3 is 0 Å². The predicted molar refractivity (Wildman–Crippen MR) is 97.3 cm³/mol. The fourth-order valence-electron chi connectivity index (χ4n) is 2.74. The SMILES string of the molecule is C=C(/C=C\C(=C/C)Cc1cnn(C2OC(CO)[C@@H](O)C(O)[C@H]2O)c1)CC. The lowest BCUT2D eigenvalue weighted by molar-refractivity contribution is -0.253. The van der Waals surface area contributed by atoms with Gasteiger partial charge in [0.1, 0.15) is 24.4 Å². The second kappa shape index (κ2) is 9.25. The van der Waals surface area contributed by atoms with Gasteiger partial charge in [-0.3, -0.25) is 0 Å². The van der Waals surface area contributed by atoms with Crippen LogP contribution in [0.4, 0.5) is 0 Å². The molecular formula is C19H28N2O5. The molecule has 5 atom stereocenters. The Morgan fingerprint density at radius 1 is 1.27 bits per heavy atom. The van der Waals surface area contributed by atoms with Crippen molar-refractivity contribution in [1.29, 1.82) is 0 Å². The highest BCUT2D eigenvalue weighted by atomic mass is 16.6. The Hall–Kier alpha value is -1.77. The highest BCUT2D eigenvalue weighted by Gasteiger charge is 2.44. The Morgan fingerprint density at radius 3 is 2.62 bits per heavy atom. The topological polar surface area (TPSA) is 108 Å². The highest BCUT2D eigenvalue weighted by molar-refractivity contribution is 5.30. The van der Waals surface area contributed by atoms with Crippen molar-refractivity contribution in [3.8, 4) is 0 Å². The summed E-state index contributed by atoms with van der Waals surface area (Å²) in [4.78, 5) is 0. The molecule has 1 fully saturated rings. The molecule has 1 aromatic rings. The highest BCUT2D eigenvalue weighted by Crippen LogP contribution is 2.28. The smallest absolute Gasteiger partial charge is 0.179 e. The zero-order valence-corrected chi connectivity index (χ0v) is 15.2. The van der Waals surface area contributed by atoms with Crippen molar-refractivity contribution in [3.63, 3.8) is 0 Å². The zero-order chi connectivity index (χ0) is 19.3. The minimum absolute atomic E-state index is 0.468. The molecule has 0 saturated carbocycles. The van der Waals surface area contributed by atoms with Crippen LogP contribution in [0.1, 0.15) is 32.1 Å². The van der Waals surface area contributed by atoms with Crippen LogP contribution >= 0.6 is 0 Å². The van der Waals surface area contributed by atoms with Gasteiger partial charge in [-0.05, 0) is 24.5 Å². The van der Waals surface area contributed by atoms with Gasteiger partial charge in [0.05, 0.1) is 12.8 Å². The molecule has 3 unspecified atom stereocenters. The monoisotopic (exact) mass is 364 g/mol. The fourth-order valence-corrected chi connectivity index (χ4v) is 2.74. The molecule has 26 heavy (non-hydrogen) atoms. The van der Waals surface area contributed by atoms with Crippen LogP contribution < -0.4 is 0 Å². The predicted octanol–water partition coefficient (Wildman–Crippen LogP) is 0.867. The minimum atomic E-state index is -1.42. The van der Waals surface area contributed by atoms with E-state index < -0.39 is 37.3 Å². The van der Waals surface area contributed by atoms with E-state index in [1.165, 1.54) is 4.68 Å². The summed E-state index contributed by atoms with van der Waals surface area (Å²) in [7, 11) is 0. The van der Waals surface area contributed by atoms with Gasteiger partial charge < -0.3 is 25.2 Å². The molecule has 1 aliphatic rings. The molecule has 2 heterocycles. The summed E-state index contributed by atoms with van der Waals surface area (Å²) in [5, 5.41) is 43.4. The van der Waals surface area contributed by atoms with E-state index >= 15 is 0 Å². The number of aromatic nitrogens is 2. The molecule has 7 heteroatoms. The maximum absolute atomic E-state index is 10.2. The van der Waals surface area contributed by atoms with Crippen LogP contribution in [0.25, 0.3) is 0 Å². The molecule has 1 saturated heterocycles. The van der Waals surface area contributed by atoms with Gasteiger partial charge in [0, 0.05) is 12.6 Å². The van der Waals surface area contributed by atoms with Gasteiger partial charge in [-0.1, -0.05) is 37.3 Å². The van der Waals surface area contributed by atoms with Crippen molar-refractivity contribution in [2.24, 2.45) is 0 Å². The van der Waals surface area contributed by atoms with Crippen molar-refractivity contribution in [2.75, 3.05) is 6.61 Å². The molecule has 0 aromatic carbocycles. The third-order valence-electron chi connectivity index (χ3n) is 4.55. The van der Waals surface area contributed by atoms with Crippen molar-refractivity contribution in [3.05, 3.63) is 53.9 Å². The second-order valence-corrected chi connectivity index (χ2v) is 6.43. The summed E-state index contributed by atoms with van der Waals surface area (Å²) in [5.74, 6) is 0. The van der Waals surface area contributed by atoms with E-state index in [0.717, 1.165) is 23.1 Å². The Morgan fingerprint density at radius 2 is 2.00 bits per heavy atom. The van der Waals surface area contributed by atoms with Crippen LogP contribution in [0.2, 0.25) is 0 Å². The summed E-state index contributed by atoms with van der Waals surface area (Å²) >= 11 is 0. The van der Waals surface area contributed by atoms with Crippen molar-refractivity contribution >= 4 is 0 Å². The van der Waals surface area contributed by atoms with Gasteiger partial charge in [0.15, 0.2) is 6.23 Å². The maximum Gasteiger partial charge on any atom is 0.179 e. The minimum Gasteiger partial charge on any atom is -0.394 e. The van der Waals surface area contributed by atoms with E-state index in [0.29, 0.717) is 6.42 Å². The maximum atomic E-state index is 10.2. The largest absolute Gasteiger partial charge is 0.394 e. The number of aliphatic hydroxyl groups is 4. The number of rotatable bonds is 7. The Balaban J connectivity index is 2.11. The van der Waals surface area contributed by atoms with Gasteiger partial charge in [-0.2, -0.15) is 5.10 Å². The molecule has 7 nitrogen and oxygen atoms in total. The first-order valence-corrected chi connectivity index (χ1v) is 8.75. The summed E-state index contributed by atoms with van der Waals surface area (Å²) in [5.41, 5.74) is 3.04. The number of allylic oxidation sites excluding steroid dienone is 5. The van der Waals surface area contributed by atoms with E-state index in [9.17, 15) is 20.4 Å². The van der Waals surface area contributed by atoms with E-state index in [1.54, 1.807) is 12.4 Å². The molecule has 0 amide bonds. The number of hydrogen-bond acceptors (Lipinski definition) is 6. The van der Waals surface area contributed by atoms with Crippen molar-refractivity contribution < 1.29 is 25.2 Å². The Labute approximate surface area is 153 Å². The molecule has 2 rings (SSSR count). The number of nitrogens with zero attached hydrogens (tertiary/aromatic N) is 2. The average molecular weight is 364 g/mol. The summed E-state index contributed by atoms with van der Waals surface area (Å²) < 4.78 is 6.91. The van der Waals surface area contributed by atoms with Crippen LogP contribution in [0.3, 0.4) is 0 Å². The van der Waals surface area contributed by atoms with Gasteiger partial charge in [-0.15, -0.1) is 0 Å². The molecule has 144 valence electrons. The van der Waals surface area contributed by atoms with Crippen molar-refractivity contribution in [1.82, 2.24) is 9.78 Å². The van der Waals surface area contributed by atoms with Gasteiger partial charge in [-0.25, -0.2) is 4.68 Å². The van der Waals surface area contributed by atoms with Gasteiger partial charge in [0.2, 0.25) is 0 Å². The lowest BCUT2D eigenvalue weighted by atomic mass is 9.98. The first-order chi connectivity index (χ1) is 12.4. The lowest BCUT2D eigenvalue weighted by Crippen LogP contribution is -2.56. The summed E-state index contributed by atoms with van der Waals surface area (Å²) in [6.45, 7) is 7.48. The van der Waals surface area contributed by atoms with Crippen LogP contribution in [-0.4, -0.2) is 61.2 Å². The molecule has 4 N–H and O–H groups in total. The molecule has 0 aliphatic carbocycles. The van der Waals surface area contributed by atoms with E-state index in [4.69, 9.17) is 4.74 Å². The van der Waals surface area contributed by atoms with Crippen LogP contribution in [0.5, 0.6) is 0 Å².